The summed E-state index contributed by atoms with van der Waals surface area (Å²) in [5, 5.41) is 3.92. The number of aryl methyl sites for hydroxylation is 1. The number of para-hydroxylation sites is 1. The monoisotopic (exact) mass is 623 g/mol. The Kier molecular flexibility index (Phi) is 10.2. The van der Waals surface area contributed by atoms with Crippen LogP contribution in [-0.2, 0) is 26.2 Å². The molecule has 0 fully saturated rings. The van der Waals surface area contributed by atoms with Gasteiger partial charge in [0.1, 0.15) is 12.6 Å². The Hall–Kier alpha value is -2.78. The highest BCUT2D eigenvalue weighted by Gasteiger charge is 2.34. The van der Waals surface area contributed by atoms with Crippen LogP contribution in [0.2, 0.25) is 15.1 Å². The van der Waals surface area contributed by atoms with Crippen LogP contribution in [0.4, 0.5) is 5.69 Å². The summed E-state index contributed by atoms with van der Waals surface area (Å²) in [6.45, 7) is 8.31. The smallest absolute Gasteiger partial charge is 0.264 e. The van der Waals surface area contributed by atoms with Gasteiger partial charge in [-0.1, -0.05) is 59.1 Å². The molecule has 0 radical (unpaired) electrons. The van der Waals surface area contributed by atoms with Gasteiger partial charge in [0.25, 0.3) is 10.0 Å². The third-order valence-corrected chi connectivity index (χ3v) is 8.83. The Morgan fingerprint density at radius 2 is 1.55 bits per heavy atom. The van der Waals surface area contributed by atoms with E-state index in [2.05, 4.69) is 5.32 Å². The van der Waals surface area contributed by atoms with Crippen molar-refractivity contribution in [1.29, 1.82) is 0 Å². The molecule has 2 amide bonds. The Labute approximate surface area is 251 Å². The van der Waals surface area contributed by atoms with Crippen molar-refractivity contribution < 1.29 is 18.0 Å². The lowest BCUT2D eigenvalue weighted by atomic mass is 10.1. The van der Waals surface area contributed by atoms with Gasteiger partial charge in [-0.15, -0.1) is 0 Å². The molecule has 0 heterocycles. The molecule has 11 heteroatoms. The van der Waals surface area contributed by atoms with Crippen molar-refractivity contribution in [3.8, 4) is 0 Å². The molecule has 3 rings (SSSR count). The van der Waals surface area contributed by atoms with E-state index in [0.29, 0.717) is 31.9 Å². The van der Waals surface area contributed by atoms with Crippen LogP contribution >= 0.6 is 34.8 Å². The van der Waals surface area contributed by atoms with Crippen LogP contribution in [-0.4, -0.2) is 43.3 Å². The molecule has 0 saturated heterocycles. The van der Waals surface area contributed by atoms with E-state index >= 15 is 0 Å². The van der Waals surface area contributed by atoms with Gasteiger partial charge in [0.2, 0.25) is 11.8 Å². The first-order valence-electron chi connectivity index (χ1n) is 12.5. The van der Waals surface area contributed by atoms with E-state index in [9.17, 15) is 18.0 Å². The third-order valence-electron chi connectivity index (χ3n) is 6.07. The molecule has 0 aliphatic carbocycles. The minimum Gasteiger partial charge on any atom is -0.350 e. The Morgan fingerprint density at radius 1 is 0.925 bits per heavy atom. The van der Waals surface area contributed by atoms with E-state index in [4.69, 9.17) is 34.8 Å². The summed E-state index contributed by atoms with van der Waals surface area (Å²) in [5.41, 5.74) is 1.07. The number of nitrogens with zero attached hydrogens (tertiary/aromatic N) is 2. The number of carbonyl (C=O) groups excluding carboxylic acids is 2. The summed E-state index contributed by atoms with van der Waals surface area (Å²) in [7, 11) is -4.19. The molecule has 0 bridgehead atoms. The van der Waals surface area contributed by atoms with Crippen molar-refractivity contribution in [2.75, 3.05) is 10.8 Å². The summed E-state index contributed by atoms with van der Waals surface area (Å²) in [6.07, 6.45) is 0. The van der Waals surface area contributed by atoms with Crippen LogP contribution < -0.4 is 9.62 Å². The fourth-order valence-corrected chi connectivity index (χ4v) is 5.91. The molecule has 7 nitrogen and oxygen atoms in total. The zero-order valence-electron chi connectivity index (χ0n) is 22.9. The fourth-order valence-electron chi connectivity index (χ4n) is 3.98. The molecule has 214 valence electrons. The van der Waals surface area contributed by atoms with E-state index < -0.39 is 34.1 Å². The van der Waals surface area contributed by atoms with Crippen LogP contribution in [0.25, 0.3) is 0 Å². The van der Waals surface area contributed by atoms with Gasteiger partial charge >= 0.3 is 0 Å². The molecule has 0 spiro atoms. The molecule has 0 saturated carbocycles. The number of carbonyl (C=O) groups is 2. The highest BCUT2D eigenvalue weighted by molar-refractivity contribution is 7.92. The number of rotatable bonds is 9. The first-order valence-corrected chi connectivity index (χ1v) is 15.1. The summed E-state index contributed by atoms with van der Waals surface area (Å²) in [4.78, 5) is 28.5. The number of hydrogen-bond donors (Lipinski definition) is 1. The minimum atomic E-state index is -4.19. The lowest BCUT2D eigenvalue weighted by Crippen LogP contribution is -2.54. The second kappa shape index (κ2) is 12.8. The SMILES string of the molecule is Cc1ccccc1N(CC(=O)N(Cc1ccc(Cl)c(Cl)c1)[C@@H](C)C(=O)NC(C)(C)C)S(=O)(=O)c1ccc(Cl)cc1. The van der Waals surface area contributed by atoms with Gasteiger partial charge in [-0.2, -0.15) is 0 Å². The number of nitrogens with one attached hydrogen (secondary N) is 1. The Balaban J connectivity index is 2.06. The average Bonchev–Trinajstić information content (AvgIpc) is 2.87. The van der Waals surface area contributed by atoms with Gasteiger partial charge in [-0.3, -0.25) is 13.9 Å². The lowest BCUT2D eigenvalue weighted by molar-refractivity contribution is -0.140. The topological polar surface area (TPSA) is 86.8 Å². The van der Waals surface area contributed by atoms with Crippen molar-refractivity contribution >= 4 is 62.3 Å². The van der Waals surface area contributed by atoms with Gasteiger partial charge in [-0.25, -0.2) is 8.42 Å². The number of halogens is 3. The maximum atomic E-state index is 14.0. The van der Waals surface area contributed by atoms with Gasteiger partial charge in [0, 0.05) is 17.1 Å². The quantitative estimate of drug-likeness (QED) is 0.295. The molecule has 1 N–H and O–H groups in total. The van der Waals surface area contributed by atoms with Crippen LogP contribution in [0.5, 0.6) is 0 Å². The second-order valence-electron chi connectivity index (χ2n) is 10.4. The summed E-state index contributed by atoms with van der Waals surface area (Å²) in [5.74, 6) is -0.965. The van der Waals surface area contributed by atoms with Crippen molar-refractivity contribution in [3.05, 3.63) is 92.9 Å². The predicted molar refractivity (Wildman–Crippen MR) is 162 cm³/mol. The maximum absolute atomic E-state index is 14.0. The predicted octanol–water partition coefficient (Wildman–Crippen LogP) is 6.48. The molecule has 3 aromatic rings. The van der Waals surface area contributed by atoms with Gasteiger partial charge in [-0.05, 0) is 88.2 Å². The zero-order chi connectivity index (χ0) is 29.8. The fraction of sp³-hybridized carbons (Fsp3) is 0.310. The van der Waals surface area contributed by atoms with E-state index in [1.165, 1.54) is 29.2 Å². The maximum Gasteiger partial charge on any atom is 0.264 e. The van der Waals surface area contributed by atoms with E-state index in [1.54, 1.807) is 56.3 Å². The lowest BCUT2D eigenvalue weighted by Gasteiger charge is -2.34. The zero-order valence-corrected chi connectivity index (χ0v) is 26.0. The molecule has 0 aliphatic rings. The number of hydrogen-bond acceptors (Lipinski definition) is 4. The van der Waals surface area contributed by atoms with E-state index in [0.717, 1.165) is 4.31 Å². The molecule has 40 heavy (non-hydrogen) atoms. The van der Waals surface area contributed by atoms with Crippen molar-refractivity contribution in [1.82, 2.24) is 10.2 Å². The highest BCUT2D eigenvalue weighted by Crippen LogP contribution is 2.29. The highest BCUT2D eigenvalue weighted by atomic mass is 35.5. The summed E-state index contributed by atoms with van der Waals surface area (Å²) < 4.78 is 28.8. The van der Waals surface area contributed by atoms with Crippen LogP contribution in [0.3, 0.4) is 0 Å². The third kappa shape index (κ3) is 7.91. The van der Waals surface area contributed by atoms with Crippen molar-refractivity contribution in [3.63, 3.8) is 0 Å². The van der Waals surface area contributed by atoms with Gasteiger partial charge < -0.3 is 10.2 Å². The molecule has 0 aromatic heterocycles. The number of anilines is 1. The van der Waals surface area contributed by atoms with Gasteiger partial charge in [0.15, 0.2) is 0 Å². The molecule has 0 aliphatic heterocycles. The second-order valence-corrected chi connectivity index (χ2v) is 13.6. The number of benzene rings is 3. The average molecular weight is 625 g/mol. The minimum absolute atomic E-state index is 0.00292. The summed E-state index contributed by atoms with van der Waals surface area (Å²) >= 11 is 18.3. The van der Waals surface area contributed by atoms with E-state index in [-0.39, 0.29) is 17.3 Å². The molecule has 3 aromatic carbocycles. The van der Waals surface area contributed by atoms with E-state index in [1.807, 2.05) is 20.8 Å². The Bertz CT molecular complexity index is 1490. The molecular formula is C29H32Cl3N3O4S. The largest absolute Gasteiger partial charge is 0.350 e. The first-order chi connectivity index (χ1) is 18.6. The standard InChI is InChI=1S/C29H32Cl3N3O4S/c1-19-8-6-7-9-26(19)35(40(38,39)23-13-11-22(30)12-14-23)18-27(36)34(20(2)28(37)33-29(3,4)5)17-21-10-15-24(31)25(32)16-21/h6-16,20H,17-18H2,1-5H3,(H,33,37)/t20-/m0/s1. The van der Waals surface area contributed by atoms with Crippen molar-refractivity contribution in [2.45, 2.75) is 57.6 Å². The number of sulfonamides is 1. The van der Waals surface area contributed by atoms with Crippen molar-refractivity contribution in [2.24, 2.45) is 0 Å². The normalized spacial score (nSPS) is 12.5. The van der Waals surface area contributed by atoms with Crippen LogP contribution in [0, 0.1) is 6.92 Å². The number of amides is 2. The van der Waals surface area contributed by atoms with Crippen LogP contribution in [0.1, 0.15) is 38.8 Å². The van der Waals surface area contributed by atoms with Gasteiger partial charge in [0.05, 0.1) is 20.6 Å². The molecular weight excluding hydrogens is 593 g/mol. The molecule has 1 atom stereocenters. The first kappa shape index (κ1) is 31.7. The Morgan fingerprint density at radius 3 is 2.12 bits per heavy atom. The molecule has 0 unspecified atom stereocenters. The van der Waals surface area contributed by atoms with Crippen LogP contribution in [0.15, 0.2) is 71.6 Å². The summed E-state index contributed by atoms with van der Waals surface area (Å²) in [6, 6.07) is 16.6.